The summed E-state index contributed by atoms with van der Waals surface area (Å²) >= 11 is 0. The van der Waals surface area contributed by atoms with Gasteiger partial charge in [0.1, 0.15) is 0 Å². The lowest BCUT2D eigenvalue weighted by atomic mass is 9.82. The van der Waals surface area contributed by atoms with E-state index in [4.69, 9.17) is 5.73 Å². The Morgan fingerprint density at radius 3 is 2.48 bits per heavy atom. The van der Waals surface area contributed by atoms with E-state index in [0.29, 0.717) is 5.92 Å². The predicted octanol–water partition coefficient (Wildman–Crippen LogP) is 2.11. The van der Waals surface area contributed by atoms with Crippen LogP contribution in [0.1, 0.15) is 47.7 Å². The van der Waals surface area contributed by atoms with E-state index >= 15 is 0 Å². The van der Waals surface area contributed by atoms with E-state index in [9.17, 15) is 4.79 Å². The molecule has 21 heavy (non-hydrogen) atoms. The highest BCUT2D eigenvalue weighted by molar-refractivity contribution is 5.96. The molecule has 1 aromatic carbocycles. The Balaban J connectivity index is 1.55. The van der Waals surface area contributed by atoms with Gasteiger partial charge in [0, 0.05) is 6.04 Å². The van der Waals surface area contributed by atoms with Crippen molar-refractivity contribution in [3.63, 3.8) is 0 Å². The van der Waals surface area contributed by atoms with Crippen LogP contribution in [0.15, 0.2) is 35.0 Å². The number of anilines is 1. The number of nitrogens with two attached hydrogens (primary N) is 1. The third-order valence-electron chi connectivity index (χ3n) is 4.06. The Labute approximate surface area is 122 Å². The first-order valence-corrected chi connectivity index (χ1v) is 7.18. The molecule has 0 unspecified atom stereocenters. The summed E-state index contributed by atoms with van der Waals surface area (Å²) in [7, 11) is 0. The van der Waals surface area contributed by atoms with Crippen LogP contribution in [-0.2, 0) is 0 Å². The van der Waals surface area contributed by atoms with Crippen LogP contribution in [0.3, 0.4) is 0 Å². The van der Waals surface area contributed by atoms with Gasteiger partial charge in [-0.2, -0.15) is 0 Å². The van der Waals surface area contributed by atoms with Gasteiger partial charge in [-0.15, -0.1) is 0 Å². The van der Waals surface area contributed by atoms with Gasteiger partial charge in [-0.05, 0) is 47.5 Å². The van der Waals surface area contributed by atoms with Gasteiger partial charge in [-0.25, -0.2) is 4.63 Å². The van der Waals surface area contributed by atoms with E-state index < -0.39 is 0 Å². The molecule has 2 aromatic rings. The quantitative estimate of drug-likeness (QED) is 0.901. The fourth-order valence-corrected chi connectivity index (χ4v) is 2.90. The molecule has 6 heteroatoms. The maximum Gasteiger partial charge on any atom is 0.277 e. The van der Waals surface area contributed by atoms with E-state index in [-0.39, 0.29) is 23.5 Å². The van der Waals surface area contributed by atoms with E-state index in [0.717, 1.165) is 25.7 Å². The van der Waals surface area contributed by atoms with Crippen LogP contribution in [0.25, 0.3) is 0 Å². The van der Waals surface area contributed by atoms with Crippen LogP contribution in [0.2, 0.25) is 0 Å². The molecule has 1 saturated carbocycles. The number of hydrogen-bond acceptors (Lipinski definition) is 5. The number of carbonyl (C=O) groups excluding carboxylic acids is 1. The lowest BCUT2D eigenvalue weighted by Gasteiger charge is -2.29. The molecule has 6 nitrogen and oxygen atoms in total. The summed E-state index contributed by atoms with van der Waals surface area (Å²) in [5.74, 6) is 0.306. The van der Waals surface area contributed by atoms with Gasteiger partial charge in [0.2, 0.25) is 11.5 Å². The Hall–Kier alpha value is -2.37. The molecule has 1 fully saturated rings. The van der Waals surface area contributed by atoms with E-state index in [1.165, 1.54) is 5.56 Å². The van der Waals surface area contributed by atoms with Gasteiger partial charge in [0.05, 0.1) is 0 Å². The Morgan fingerprint density at radius 1 is 1.14 bits per heavy atom. The number of benzene rings is 1. The average molecular weight is 286 g/mol. The van der Waals surface area contributed by atoms with Crippen molar-refractivity contribution < 1.29 is 9.42 Å². The maximum atomic E-state index is 12.0. The summed E-state index contributed by atoms with van der Waals surface area (Å²) in [5, 5.41) is 9.89. The Kier molecular flexibility index (Phi) is 3.85. The third kappa shape index (κ3) is 3.04. The highest BCUT2D eigenvalue weighted by atomic mass is 16.6. The van der Waals surface area contributed by atoms with Crippen molar-refractivity contribution in [3.05, 3.63) is 41.6 Å². The van der Waals surface area contributed by atoms with Crippen molar-refractivity contribution in [3.8, 4) is 0 Å². The molecule has 0 radical (unpaired) electrons. The monoisotopic (exact) mass is 286 g/mol. The predicted molar refractivity (Wildman–Crippen MR) is 77.6 cm³/mol. The van der Waals surface area contributed by atoms with Gasteiger partial charge >= 0.3 is 0 Å². The van der Waals surface area contributed by atoms with Crippen molar-refractivity contribution >= 4 is 11.7 Å². The van der Waals surface area contributed by atoms with Gasteiger partial charge in [-0.3, -0.25) is 4.79 Å². The SMILES string of the molecule is Nc1nonc1C(=O)NC1CCC(c2ccccc2)CC1. The number of rotatable bonds is 3. The van der Waals surface area contributed by atoms with E-state index in [1.54, 1.807) is 0 Å². The van der Waals surface area contributed by atoms with Gasteiger partial charge in [0.15, 0.2) is 0 Å². The molecular formula is C15H18N4O2. The van der Waals surface area contributed by atoms with Crippen LogP contribution >= 0.6 is 0 Å². The molecule has 1 amide bonds. The number of amides is 1. The zero-order valence-electron chi connectivity index (χ0n) is 11.7. The van der Waals surface area contributed by atoms with Crippen molar-refractivity contribution in [2.24, 2.45) is 0 Å². The summed E-state index contributed by atoms with van der Waals surface area (Å²) in [6.07, 6.45) is 4.05. The van der Waals surface area contributed by atoms with Gasteiger partial charge in [-0.1, -0.05) is 30.3 Å². The second-order valence-corrected chi connectivity index (χ2v) is 5.43. The topological polar surface area (TPSA) is 94.0 Å². The first-order valence-electron chi connectivity index (χ1n) is 7.18. The molecule has 1 heterocycles. The fourth-order valence-electron chi connectivity index (χ4n) is 2.90. The van der Waals surface area contributed by atoms with Crippen molar-refractivity contribution in [2.45, 2.75) is 37.6 Å². The Morgan fingerprint density at radius 2 is 1.86 bits per heavy atom. The van der Waals surface area contributed by atoms with Crippen LogP contribution < -0.4 is 11.1 Å². The number of nitrogen functional groups attached to an aromatic ring is 1. The largest absolute Gasteiger partial charge is 0.379 e. The maximum absolute atomic E-state index is 12.0. The molecule has 0 saturated heterocycles. The van der Waals surface area contributed by atoms with Crippen molar-refractivity contribution in [1.29, 1.82) is 0 Å². The molecule has 110 valence electrons. The first kappa shape index (κ1) is 13.6. The smallest absolute Gasteiger partial charge is 0.277 e. The summed E-state index contributed by atoms with van der Waals surface area (Å²) in [4.78, 5) is 12.0. The fraction of sp³-hybridized carbons (Fsp3) is 0.400. The van der Waals surface area contributed by atoms with E-state index in [1.807, 2.05) is 6.07 Å². The molecule has 1 aliphatic carbocycles. The van der Waals surface area contributed by atoms with Crippen molar-refractivity contribution in [1.82, 2.24) is 15.6 Å². The number of nitrogens with one attached hydrogen (secondary N) is 1. The number of hydrogen-bond donors (Lipinski definition) is 2. The van der Waals surface area contributed by atoms with Crippen LogP contribution in [0, 0.1) is 0 Å². The second-order valence-electron chi connectivity index (χ2n) is 5.43. The van der Waals surface area contributed by atoms with Crippen LogP contribution in [-0.4, -0.2) is 22.3 Å². The zero-order chi connectivity index (χ0) is 14.7. The van der Waals surface area contributed by atoms with Gasteiger partial charge in [0.25, 0.3) is 5.91 Å². The summed E-state index contributed by atoms with van der Waals surface area (Å²) < 4.78 is 4.44. The molecule has 1 aliphatic rings. The third-order valence-corrected chi connectivity index (χ3v) is 4.06. The second kappa shape index (κ2) is 5.95. The molecule has 0 bridgehead atoms. The zero-order valence-corrected chi connectivity index (χ0v) is 11.7. The van der Waals surface area contributed by atoms with Crippen LogP contribution in [0.5, 0.6) is 0 Å². The standard InChI is InChI=1S/C15H18N4O2/c16-14-13(18-21-19-14)15(20)17-12-8-6-11(7-9-12)10-4-2-1-3-5-10/h1-5,11-12H,6-9H2,(H2,16,19)(H,17,20). The number of nitrogens with zero attached hydrogens (tertiary/aromatic N) is 2. The van der Waals surface area contributed by atoms with Crippen molar-refractivity contribution in [2.75, 3.05) is 5.73 Å². The first-order chi connectivity index (χ1) is 10.2. The molecule has 3 rings (SSSR count). The van der Waals surface area contributed by atoms with Crippen LogP contribution in [0.4, 0.5) is 5.82 Å². The molecule has 1 aromatic heterocycles. The normalized spacial score (nSPS) is 21.9. The lowest BCUT2D eigenvalue weighted by molar-refractivity contribution is 0.0916. The molecule has 0 aliphatic heterocycles. The van der Waals surface area contributed by atoms with E-state index in [2.05, 4.69) is 44.5 Å². The summed E-state index contributed by atoms with van der Waals surface area (Å²) in [6, 6.07) is 10.7. The summed E-state index contributed by atoms with van der Waals surface area (Å²) in [6.45, 7) is 0. The molecule has 0 atom stereocenters. The number of carbonyl (C=O) groups is 1. The molecule has 3 N–H and O–H groups in total. The number of aromatic nitrogens is 2. The lowest BCUT2D eigenvalue weighted by Crippen LogP contribution is -2.37. The Bertz CT molecular complexity index is 603. The average Bonchev–Trinajstić information content (AvgIpc) is 2.95. The molecule has 0 spiro atoms. The summed E-state index contributed by atoms with van der Waals surface area (Å²) in [5.41, 5.74) is 6.97. The molecular weight excluding hydrogens is 268 g/mol. The highest BCUT2D eigenvalue weighted by Gasteiger charge is 2.25. The minimum atomic E-state index is -0.308. The highest BCUT2D eigenvalue weighted by Crippen LogP contribution is 2.32. The van der Waals surface area contributed by atoms with Gasteiger partial charge < -0.3 is 11.1 Å². The minimum Gasteiger partial charge on any atom is -0.379 e. The minimum absolute atomic E-state index is 0.0328.